The number of anilines is 1. The molecule has 0 spiro atoms. The van der Waals surface area contributed by atoms with Crippen molar-refractivity contribution in [2.24, 2.45) is 7.05 Å². The minimum absolute atomic E-state index is 0.172. The van der Waals surface area contributed by atoms with Gasteiger partial charge in [-0.25, -0.2) is 4.39 Å². The van der Waals surface area contributed by atoms with Gasteiger partial charge in [0.1, 0.15) is 12.1 Å². The molecule has 0 aliphatic carbocycles. The maximum absolute atomic E-state index is 14.9. The minimum Gasteiger partial charge on any atom is -0.399 e. The van der Waals surface area contributed by atoms with Crippen molar-refractivity contribution in [3.8, 4) is 0 Å². The molecule has 1 aromatic heterocycles. The Kier molecular flexibility index (Phi) is 4.86. The first-order chi connectivity index (χ1) is 12.6. The lowest BCUT2D eigenvalue weighted by molar-refractivity contribution is -0.108. The number of aromatic nitrogens is 2. The lowest BCUT2D eigenvalue weighted by atomic mass is 9.78. The number of hydrogen-bond donors (Lipinski definition) is 0. The fraction of sp³-hybridized carbons (Fsp3) is 0.500. The molecule has 27 heavy (non-hydrogen) atoms. The van der Waals surface area contributed by atoms with Crippen LogP contribution in [0.3, 0.4) is 0 Å². The van der Waals surface area contributed by atoms with Gasteiger partial charge in [-0.3, -0.25) is 14.4 Å². The standard InChI is InChI=1S/C18H23BFN3O4/c1-17(2)18(3,4)27-19(26-17)13-10-15-12(9-14(13)20)16(21-22(15)5)23(11-25)7-6-8-24/h8-11H,6-7H2,1-5H3. The van der Waals surface area contributed by atoms with Crippen molar-refractivity contribution in [3.63, 3.8) is 0 Å². The second kappa shape index (κ2) is 6.72. The number of rotatable bonds is 6. The van der Waals surface area contributed by atoms with Crippen LogP contribution in [0.25, 0.3) is 10.9 Å². The van der Waals surface area contributed by atoms with Crippen molar-refractivity contribution in [1.29, 1.82) is 0 Å². The van der Waals surface area contributed by atoms with Crippen LogP contribution in [0.2, 0.25) is 0 Å². The van der Waals surface area contributed by atoms with Gasteiger partial charge in [0, 0.05) is 30.9 Å². The molecule has 0 atom stereocenters. The molecule has 0 unspecified atom stereocenters. The maximum atomic E-state index is 14.9. The summed E-state index contributed by atoms with van der Waals surface area (Å²) in [4.78, 5) is 23.3. The molecule has 144 valence electrons. The molecule has 0 N–H and O–H groups in total. The lowest BCUT2D eigenvalue weighted by Gasteiger charge is -2.32. The summed E-state index contributed by atoms with van der Waals surface area (Å²) in [6.45, 7) is 7.79. The molecular formula is C18H23BFN3O4. The predicted molar refractivity (Wildman–Crippen MR) is 100 cm³/mol. The molecule has 7 nitrogen and oxygen atoms in total. The zero-order valence-corrected chi connectivity index (χ0v) is 16.2. The van der Waals surface area contributed by atoms with Crippen LogP contribution in [0.4, 0.5) is 10.2 Å². The van der Waals surface area contributed by atoms with E-state index in [1.54, 1.807) is 17.8 Å². The molecule has 9 heteroatoms. The molecule has 0 bridgehead atoms. The van der Waals surface area contributed by atoms with Crippen molar-refractivity contribution in [1.82, 2.24) is 9.78 Å². The summed E-state index contributed by atoms with van der Waals surface area (Å²) in [6.07, 6.45) is 1.48. The molecule has 1 aliphatic heterocycles. The molecule has 2 aromatic rings. The van der Waals surface area contributed by atoms with Gasteiger partial charge >= 0.3 is 7.12 Å². The van der Waals surface area contributed by atoms with Crippen LogP contribution in [-0.4, -0.2) is 47.3 Å². The van der Waals surface area contributed by atoms with E-state index in [2.05, 4.69) is 5.10 Å². The first kappa shape index (κ1) is 19.5. The SMILES string of the molecule is Cn1nc(N(C=O)CCC=O)c2cc(F)c(B3OC(C)(C)C(C)(C)O3)cc21. The molecule has 1 saturated heterocycles. The highest BCUT2D eigenvalue weighted by Crippen LogP contribution is 2.37. The number of nitrogens with zero attached hydrogens (tertiary/aromatic N) is 3. The molecule has 1 fully saturated rings. The molecule has 0 radical (unpaired) electrons. The van der Waals surface area contributed by atoms with E-state index in [9.17, 15) is 14.0 Å². The van der Waals surface area contributed by atoms with Crippen molar-refractivity contribution in [2.45, 2.75) is 45.3 Å². The minimum atomic E-state index is -0.838. The number of aldehydes is 1. The molecule has 0 saturated carbocycles. The van der Waals surface area contributed by atoms with E-state index in [4.69, 9.17) is 9.31 Å². The van der Waals surface area contributed by atoms with E-state index >= 15 is 0 Å². The lowest BCUT2D eigenvalue weighted by Crippen LogP contribution is -2.41. The van der Waals surface area contributed by atoms with E-state index in [0.717, 1.165) is 6.29 Å². The van der Waals surface area contributed by atoms with Crippen molar-refractivity contribution in [3.05, 3.63) is 17.9 Å². The van der Waals surface area contributed by atoms with Crippen LogP contribution in [0, 0.1) is 5.82 Å². The van der Waals surface area contributed by atoms with Gasteiger partial charge in [-0.15, -0.1) is 0 Å². The van der Waals surface area contributed by atoms with E-state index in [0.29, 0.717) is 23.1 Å². The number of fused-ring (bicyclic) bond motifs is 1. The molecule has 1 aliphatic rings. The number of halogens is 1. The van der Waals surface area contributed by atoms with Gasteiger partial charge in [0.15, 0.2) is 5.82 Å². The molecule has 1 aromatic carbocycles. The second-order valence-corrected chi connectivity index (χ2v) is 7.68. The number of benzene rings is 1. The third-order valence-electron chi connectivity index (χ3n) is 5.34. The van der Waals surface area contributed by atoms with Gasteiger partial charge in [-0.2, -0.15) is 5.10 Å². The average Bonchev–Trinajstić information content (AvgIpc) is 3.00. The fourth-order valence-electron chi connectivity index (χ4n) is 3.04. The normalized spacial score (nSPS) is 18.1. The van der Waals surface area contributed by atoms with Crippen LogP contribution in [0.15, 0.2) is 12.1 Å². The highest BCUT2D eigenvalue weighted by molar-refractivity contribution is 6.62. The Morgan fingerprint density at radius 2 is 1.85 bits per heavy atom. The van der Waals surface area contributed by atoms with Gasteiger partial charge < -0.3 is 14.1 Å². The summed E-state index contributed by atoms with van der Waals surface area (Å²) < 4.78 is 28.4. The van der Waals surface area contributed by atoms with Gasteiger partial charge in [0.2, 0.25) is 6.41 Å². The summed E-state index contributed by atoms with van der Waals surface area (Å²) in [5, 5.41) is 4.81. The monoisotopic (exact) mass is 375 g/mol. The third-order valence-corrected chi connectivity index (χ3v) is 5.34. The molecule has 1 amide bonds. The number of amides is 1. The van der Waals surface area contributed by atoms with Crippen LogP contribution in [0.1, 0.15) is 34.1 Å². The van der Waals surface area contributed by atoms with Gasteiger partial charge in [0.25, 0.3) is 0 Å². The average molecular weight is 375 g/mol. The second-order valence-electron chi connectivity index (χ2n) is 7.68. The quantitative estimate of drug-likeness (QED) is 0.566. The Bertz CT molecular complexity index is 880. The Morgan fingerprint density at radius 1 is 1.22 bits per heavy atom. The summed E-state index contributed by atoms with van der Waals surface area (Å²) >= 11 is 0. The highest BCUT2D eigenvalue weighted by Gasteiger charge is 2.52. The van der Waals surface area contributed by atoms with Crippen molar-refractivity contribution < 1.29 is 23.3 Å². The number of carbonyl (C=O) groups excluding carboxylic acids is 2. The van der Waals surface area contributed by atoms with E-state index < -0.39 is 24.1 Å². The first-order valence-corrected chi connectivity index (χ1v) is 8.78. The Balaban J connectivity index is 2.05. The summed E-state index contributed by atoms with van der Waals surface area (Å²) in [5.41, 5.74) is -0.255. The zero-order chi connectivity index (χ0) is 20.0. The Labute approximate surface area is 157 Å². The van der Waals surface area contributed by atoms with Crippen LogP contribution in [-0.2, 0) is 25.9 Å². The highest BCUT2D eigenvalue weighted by atomic mass is 19.1. The Morgan fingerprint density at radius 3 is 2.41 bits per heavy atom. The van der Waals surface area contributed by atoms with Crippen molar-refractivity contribution >= 4 is 42.0 Å². The van der Waals surface area contributed by atoms with Crippen LogP contribution >= 0.6 is 0 Å². The Hall–Kier alpha value is -2.26. The third kappa shape index (κ3) is 3.25. The van der Waals surface area contributed by atoms with Gasteiger partial charge in [-0.1, -0.05) is 0 Å². The summed E-state index contributed by atoms with van der Waals surface area (Å²) in [6, 6.07) is 2.96. The number of hydrogen-bond acceptors (Lipinski definition) is 5. The van der Waals surface area contributed by atoms with E-state index in [1.165, 1.54) is 11.0 Å². The molecule has 3 rings (SSSR count). The van der Waals surface area contributed by atoms with Gasteiger partial charge in [-0.05, 0) is 39.8 Å². The number of carbonyl (C=O) groups is 2. The first-order valence-electron chi connectivity index (χ1n) is 8.78. The molecule has 2 heterocycles. The smallest absolute Gasteiger partial charge is 0.399 e. The zero-order valence-electron chi connectivity index (χ0n) is 16.2. The summed E-state index contributed by atoms with van der Waals surface area (Å²) in [5.74, 6) is -0.194. The van der Waals surface area contributed by atoms with Crippen molar-refractivity contribution in [2.75, 3.05) is 11.4 Å². The largest absolute Gasteiger partial charge is 0.497 e. The topological polar surface area (TPSA) is 73.7 Å². The maximum Gasteiger partial charge on any atom is 0.497 e. The van der Waals surface area contributed by atoms with E-state index in [1.807, 2.05) is 27.7 Å². The fourth-order valence-corrected chi connectivity index (χ4v) is 3.04. The molecular weight excluding hydrogens is 352 g/mol. The predicted octanol–water partition coefficient (Wildman–Crippen LogP) is 1.56. The van der Waals surface area contributed by atoms with Crippen LogP contribution < -0.4 is 10.4 Å². The number of aryl methyl sites for hydroxylation is 1. The van der Waals surface area contributed by atoms with E-state index in [-0.39, 0.29) is 18.4 Å². The summed E-state index contributed by atoms with van der Waals surface area (Å²) in [7, 11) is 0.871. The van der Waals surface area contributed by atoms with Gasteiger partial charge in [0.05, 0.1) is 16.7 Å². The van der Waals surface area contributed by atoms with Crippen LogP contribution in [0.5, 0.6) is 0 Å².